The van der Waals surface area contributed by atoms with E-state index in [4.69, 9.17) is 0 Å². The molecule has 0 spiro atoms. The Morgan fingerprint density at radius 2 is 1.74 bits per heavy atom. The van der Waals surface area contributed by atoms with Crippen molar-refractivity contribution in [2.75, 3.05) is 0 Å². The number of carbonyl (C=O) groups excluding carboxylic acids is 2. The highest BCUT2D eigenvalue weighted by Crippen LogP contribution is 2.69. The van der Waals surface area contributed by atoms with Crippen molar-refractivity contribution in [2.45, 2.75) is 72.1 Å². The van der Waals surface area contributed by atoms with E-state index in [9.17, 15) is 9.59 Å². The Labute approximate surface area is 140 Å². The zero-order valence-electron chi connectivity index (χ0n) is 14.9. The maximum Gasteiger partial charge on any atom is 0.155 e. The molecule has 0 aromatic rings. The second-order valence-electron chi connectivity index (χ2n) is 9.50. The third kappa shape index (κ3) is 1.87. The zero-order valence-corrected chi connectivity index (χ0v) is 14.9. The Kier molecular flexibility index (Phi) is 3.26. The summed E-state index contributed by atoms with van der Waals surface area (Å²) in [6.45, 7) is 7.03. The molecular formula is C21H30O2. The molecule has 0 saturated heterocycles. The molecule has 2 nitrogen and oxygen atoms in total. The van der Waals surface area contributed by atoms with Crippen molar-refractivity contribution in [3.8, 4) is 0 Å². The highest BCUT2D eigenvalue weighted by atomic mass is 16.1. The largest absolute Gasteiger partial charge is 0.303 e. The maximum absolute atomic E-state index is 11.9. The quantitative estimate of drug-likeness (QED) is 0.656. The summed E-state index contributed by atoms with van der Waals surface area (Å²) in [6.07, 6.45) is 12.1. The minimum atomic E-state index is -0.123. The lowest BCUT2D eigenvalue weighted by Gasteiger charge is -2.59. The molecule has 0 bridgehead atoms. The highest BCUT2D eigenvalue weighted by Gasteiger charge is 2.62. The molecule has 0 amide bonds. The van der Waals surface area contributed by atoms with E-state index in [1.807, 2.05) is 6.08 Å². The lowest BCUT2D eigenvalue weighted by molar-refractivity contribution is -0.129. The zero-order chi connectivity index (χ0) is 16.5. The monoisotopic (exact) mass is 314 g/mol. The SMILES string of the molecule is CC1(C=O)CC[C@H]2[C@@H]3CCC4=CC(=O)CC[C@]4(C)[C@H]3CC[C@@]21C. The minimum Gasteiger partial charge on any atom is -0.303 e. The molecule has 1 unspecified atom stereocenters. The van der Waals surface area contributed by atoms with Crippen molar-refractivity contribution in [1.82, 2.24) is 0 Å². The summed E-state index contributed by atoms with van der Waals surface area (Å²) in [5.74, 6) is 2.52. The van der Waals surface area contributed by atoms with Crippen LogP contribution in [0, 0.1) is 34.0 Å². The Bertz CT molecular complexity index is 591. The van der Waals surface area contributed by atoms with Crippen LogP contribution >= 0.6 is 0 Å². The van der Waals surface area contributed by atoms with Gasteiger partial charge in [0.2, 0.25) is 0 Å². The van der Waals surface area contributed by atoms with Gasteiger partial charge in [0.25, 0.3) is 0 Å². The summed E-state index contributed by atoms with van der Waals surface area (Å²) in [5.41, 5.74) is 1.76. The predicted octanol–water partition coefficient (Wildman–Crippen LogP) is 4.72. The molecule has 0 heterocycles. The summed E-state index contributed by atoms with van der Waals surface area (Å²) < 4.78 is 0. The molecule has 0 N–H and O–H groups in total. The van der Waals surface area contributed by atoms with Gasteiger partial charge in [-0.15, -0.1) is 0 Å². The number of ketones is 1. The fourth-order valence-corrected chi connectivity index (χ4v) is 7.06. The fourth-order valence-electron chi connectivity index (χ4n) is 7.06. The van der Waals surface area contributed by atoms with Crippen molar-refractivity contribution in [1.29, 1.82) is 0 Å². The predicted molar refractivity (Wildman–Crippen MR) is 90.9 cm³/mol. The average Bonchev–Trinajstić information content (AvgIpc) is 2.80. The van der Waals surface area contributed by atoms with Crippen LogP contribution in [0.15, 0.2) is 11.6 Å². The van der Waals surface area contributed by atoms with Gasteiger partial charge in [0.15, 0.2) is 5.78 Å². The van der Waals surface area contributed by atoms with Gasteiger partial charge in [0, 0.05) is 11.8 Å². The van der Waals surface area contributed by atoms with E-state index in [1.54, 1.807) is 0 Å². The van der Waals surface area contributed by atoms with E-state index in [0.717, 1.165) is 37.5 Å². The first-order valence-corrected chi connectivity index (χ1v) is 9.54. The van der Waals surface area contributed by atoms with Crippen molar-refractivity contribution >= 4 is 12.1 Å². The standard InChI is InChI=1S/C21H30O2/c1-19(13-22)9-7-18-16-5-4-14-12-15(23)6-10-20(14,2)17(16)8-11-21(18,19)3/h12-13,16-18H,4-11H2,1-3H3/t16-,17+,18+,19?,20+,21+/m1/s1. The number of rotatable bonds is 1. The fraction of sp³-hybridized carbons (Fsp3) is 0.810. The second-order valence-corrected chi connectivity index (χ2v) is 9.50. The van der Waals surface area contributed by atoms with Gasteiger partial charge in [0.05, 0.1) is 0 Å². The molecule has 6 atom stereocenters. The normalized spacial score (nSPS) is 52.2. The van der Waals surface area contributed by atoms with Gasteiger partial charge < -0.3 is 4.79 Å². The molecule has 23 heavy (non-hydrogen) atoms. The van der Waals surface area contributed by atoms with Crippen LogP contribution in [0.5, 0.6) is 0 Å². The van der Waals surface area contributed by atoms with Gasteiger partial charge >= 0.3 is 0 Å². The van der Waals surface area contributed by atoms with E-state index in [2.05, 4.69) is 20.8 Å². The van der Waals surface area contributed by atoms with Gasteiger partial charge in [-0.1, -0.05) is 26.3 Å². The van der Waals surface area contributed by atoms with Gasteiger partial charge in [-0.25, -0.2) is 0 Å². The Balaban J connectivity index is 1.70. The number of aldehydes is 1. The molecule has 126 valence electrons. The molecule has 0 aliphatic heterocycles. The van der Waals surface area contributed by atoms with Crippen LogP contribution in [0.1, 0.15) is 72.1 Å². The summed E-state index contributed by atoms with van der Waals surface area (Å²) in [6, 6.07) is 0. The summed E-state index contributed by atoms with van der Waals surface area (Å²) >= 11 is 0. The molecule has 4 rings (SSSR count). The molecule has 4 aliphatic rings. The first-order valence-electron chi connectivity index (χ1n) is 9.54. The first kappa shape index (κ1) is 15.6. The van der Waals surface area contributed by atoms with Crippen LogP contribution in [-0.4, -0.2) is 12.1 Å². The topological polar surface area (TPSA) is 34.1 Å². The van der Waals surface area contributed by atoms with Crippen molar-refractivity contribution in [2.24, 2.45) is 34.0 Å². The Morgan fingerprint density at radius 1 is 1.00 bits per heavy atom. The van der Waals surface area contributed by atoms with Crippen LogP contribution in [0.2, 0.25) is 0 Å². The summed E-state index contributed by atoms with van der Waals surface area (Å²) in [7, 11) is 0. The lowest BCUT2D eigenvalue weighted by atomic mass is 9.45. The summed E-state index contributed by atoms with van der Waals surface area (Å²) in [4.78, 5) is 23.7. The van der Waals surface area contributed by atoms with Gasteiger partial charge in [-0.3, -0.25) is 4.79 Å². The van der Waals surface area contributed by atoms with Crippen molar-refractivity contribution in [3.05, 3.63) is 11.6 Å². The first-order chi connectivity index (χ1) is 10.8. The lowest BCUT2D eigenvalue weighted by Crippen LogP contribution is -2.52. The van der Waals surface area contributed by atoms with Gasteiger partial charge in [-0.2, -0.15) is 0 Å². The minimum absolute atomic E-state index is 0.123. The molecule has 0 radical (unpaired) electrons. The molecule has 0 aromatic carbocycles. The Hall–Kier alpha value is -0.920. The molecule has 0 aromatic heterocycles. The number of hydrogen-bond donors (Lipinski definition) is 0. The molecule has 4 aliphatic carbocycles. The van der Waals surface area contributed by atoms with E-state index in [1.165, 1.54) is 37.5 Å². The molecule has 3 saturated carbocycles. The number of hydrogen-bond acceptors (Lipinski definition) is 2. The van der Waals surface area contributed by atoms with Crippen LogP contribution in [0.3, 0.4) is 0 Å². The molecule has 3 fully saturated rings. The van der Waals surface area contributed by atoms with E-state index in [-0.39, 0.29) is 16.2 Å². The van der Waals surface area contributed by atoms with Crippen LogP contribution in [0.4, 0.5) is 0 Å². The average molecular weight is 314 g/mol. The van der Waals surface area contributed by atoms with Crippen molar-refractivity contribution in [3.63, 3.8) is 0 Å². The van der Waals surface area contributed by atoms with Gasteiger partial charge in [-0.05, 0) is 79.6 Å². The number of allylic oxidation sites excluding steroid dienone is 1. The van der Waals surface area contributed by atoms with E-state index >= 15 is 0 Å². The van der Waals surface area contributed by atoms with Crippen LogP contribution in [-0.2, 0) is 9.59 Å². The third-order valence-corrected chi connectivity index (χ3v) is 8.89. The van der Waals surface area contributed by atoms with E-state index < -0.39 is 0 Å². The highest BCUT2D eigenvalue weighted by molar-refractivity contribution is 5.91. The molecule has 2 heteroatoms. The Morgan fingerprint density at radius 3 is 2.48 bits per heavy atom. The van der Waals surface area contributed by atoms with Crippen molar-refractivity contribution < 1.29 is 9.59 Å². The number of fused-ring (bicyclic) bond motifs is 5. The van der Waals surface area contributed by atoms with Gasteiger partial charge in [0.1, 0.15) is 6.29 Å². The maximum atomic E-state index is 11.9. The smallest absolute Gasteiger partial charge is 0.155 e. The third-order valence-electron chi connectivity index (χ3n) is 8.89. The summed E-state index contributed by atoms with van der Waals surface area (Å²) in [5, 5.41) is 0. The van der Waals surface area contributed by atoms with Crippen LogP contribution < -0.4 is 0 Å². The second kappa shape index (κ2) is 4.80. The number of carbonyl (C=O) groups is 2. The van der Waals surface area contributed by atoms with Crippen LogP contribution in [0.25, 0.3) is 0 Å². The molecular weight excluding hydrogens is 284 g/mol. The van der Waals surface area contributed by atoms with E-state index in [0.29, 0.717) is 11.7 Å².